The molecular formula is C20H30N2O3. The van der Waals surface area contributed by atoms with Gasteiger partial charge in [-0.3, -0.25) is 9.59 Å². The number of hydrogen-bond acceptors (Lipinski definition) is 3. The lowest BCUT2D eigenvalue weighted by Crippen LogP contribution is -2.38. The Bertz CT molecular complexity index is 554. The summed E-state index contributed by atoms with van der Waals surface area (Å²) in [4.78, 5) is 23.8. The quantitative estimate of drug-likeness (QED) is 0.676. The van der Waals surface area contributed by atoms with Gasteiger partial charge in [-0.25, -0.2) is 0 Å². The lowest BCUT2D eigenvalue weighted by Gasteiger charge is -2.20. The Morgan fingerprint density at radius 2 is 1.80 bits per heavy atom. The number of amides is 2. The summed E-state index contributed by atoms with van der Waals surface area (Å²) in [6.07, 6.45) is 6.65. The Morgan fingerprint density at radius 1 is 1.08 bits per heavy atom. The van der Waals surface area contributed by atoms with Crippen LogP contribution in [0.3, 0.4) is 0 Å². The first-order valence-corrected chi connectivity index (χ1v) is 9.39. The minimum atomic E-state index is 0.000277. The van der Waals surface area contributed by atoms with Crippen molar-refractivity contribution in [3.05, 3.63) is 29.8 Å². The number of nitrogens with one attached hydrogen (secondary N) is 2. The normalized spacial score (nSPS) is 14.8. The lowest BCUT2D eigenvalue weighted by molar-refractivity contribution is -0.126. The molecule has 1 aromatic carbocycles. The summed E-state index contributed by atoms with van der Waals surface area (Å²) < 4.78 is 5.67. The van der Waals surface area contributed by atoms with Gasteiger partial charge in [-0.15, -0.1) is 0 Å². The molecule has 1 saturated carbocycles. The van der Waals surface area contributed by atoms with Gasteiger partial charge in [-0.2, -0.15) is 0 Å². The Morgan fingerprint density at radius 3 is 2.56 bits per heavy atom. The van der Waals surface area contributed by atoms with Crippen LogP contribution in [0.1, 0.15) is 50.5 Å². The van der Waals surface area contributed by atoms with E-state index in [-0.39, 0.29) is 17.7 Å². The maximum atomic E-state index is 12.0. The third kappa shape index (κ3) is 7.16. The number of para-hydroxylation sites is 1. The summed E-state index contributed by atoms with van der Waals surface area (Å²) >= 11 is 0. The highest BCUT2D eigenvalue weighted by Crippen LogP contribution is 2.23. The van der Waals surface area contributed by atoms with Gasteiger partial charge in [0, 0.05) is 25.4 Å². The molecule has 138 valence electrons. The maximum Gasteiger partial charge on any atom is 0.223 e. The molecule has 25 heavy (non-hydrogen) atoms. The first kappa shape index (κ1) is 19.3. The molecule has 2 rings (SSSR count). The van der Waals surface area contributed by atoms with Crippen molar-refractivity contribution in [2.75, 3.05) is 19.7 Å². The van der Waals surface area contributed by atoms with Gasteiger partial charge >= 0.3 is 0 Å². The summed E-state index contributed by atoms with van der Waals surface area (Å²) in [6, 6.07) is 7.85. The standard InChI is InChI=1S/C20H30N2O3/c1-16-8-5-6-11-18(16)25-15-7-12-19(23)21-13-14-22-20(24)17-9-3-2-4-10-17/h5-6,8,11,17H,2-4,7,9-10,12-15H2,1H3,(H,21,23)(H,22,24). The predicted octanol–water partition coefficient (Wildman–Crippen LogP) is 2.97. The van der Waals surface area contributed by atoms with Gasteiger partial charge in [0.25, 0.3) is 0 Å². The van der Waals surface area contributed by atoms with Gasteiger partial charge in [-0.1, -0.05) is 37.5 Å². The molecule has 0 bridgehead atoms. The summed E-state index contributed by atoms with van der Waals surface area (Å²) in [5.74, 6) is 1.18. The van der Waals surface area contributed by atoms with Crippen LogP contribution in [0, 0.1) is 12.8 Å². The van der Waals surface area contributed by atoms with Crippen LogP contribution in [0.2, 0.25) is 0 Å². The number of aryl methyl sites for hydroxylation is 1. The number of carbonyl (C=O) groups is 2. The fourth-order valence-corrected chi connectivity index (χ4v) is 3.12. The second kappa shape index (κ2) is 10.7. The highest BCUT2D eigenvalue weighted by atomic mass is 16.5. The van der Waals surface area contributed by atoms with Crippen molar-refractivity contribution in [3.8, 4) is 5.75 Å². The van der Waals surface area contributed by atoms with Crippen LogP contribution < -0.4 is 15.4 Å². The Labute approximate surface area is 150 Å². The smallest absolute Gasteiger partial charge is 0.223 e. The fourth-order valence-electron chi connectivity index (χ4n) is 3.12. The van der Waals surface area contributed by atoms with Crippen LogP contribution in [0.5, 0.6) is 5.75 Å². The van der Waals surface area contributed by atoms with Crippen LogP contribution in [-0.4, -0.2) is 31.5 Å². The molecule has 1 aliphatic carbocycles. The monoisotopic (exact) mass is 346 g/mol. The molecule has 0 spiro atoms. The van der Waals surface area contributed by atoms with E-state index < -0.39 is 0 Å². The third-order valence-electron chi connectivity index (χ3n) is 4.62. The zero-order chi connectivity index (χ0) is 17.9. The Kier molecular flexibility index (Phi) is 8.29. The van der Waals surface area contributed by atoms with Crippen LogP contribution in [0.25, 0.3) is 0 Å². The second-order valence-electron chi connectivity index (χ2n) is 6.69. The zero-order valence-corrected chi connectivity index (χ0v) is 15.2. The summed E-state index contributed by atoms with van der Waals surface area (Å²) in [5, 5.41) is 5.77. The molecule has 5 nitrogen and oxygen atoms in total. The van der Waals surface area contributed by atoms with E-state index in [9.17, 15) is 9.59 Å². The van der Waals surface area contributed by atoms with Gasteiger partial charge < -0.3 is 15.4 Å². The third-order valence-corrected chi connectivity index (χ3v) is 4.62. The van der Waals surface area contributed by atoms with Crippen LogP contribution >= 0.6 is 0 Å². The van der Waals surface area contributed by atoms with Crippen molar-refractivity contribution in [2.45, 2.75) is 51.9 Å². The minimum absolute atomic E-state index is 0.000277. The van der Waals surface area contributed by atoms with Crippen molar-refractivity contribution < 1.29 is 14.3 Å². The van der Waals surface area contributed by atoms with E-state index in [1.807, 2.05) is 31.2 Å². The number of benzene rings is 1. The average Bonchev–Trinajstić information content (AvgIpc) is 2.64. The van der Waals surface area contributed by atoms with Crippen molar-refractivity contribution in [2.24, 2.45) is 5.92 Å². The lowest BCUT2D eigenvalue weighted by atomic mass is 9.89. The van der Waals surface area contributed by atoms with Crippen LogP contribution in [0.15, 0.2) is 24.3 Å². The average molecular weight is 346 g/mol. The van der Waals surface area contributed by atoms with E-state index in [4.69, 9.17) is 4.74 Å². The molecule has 0 aliphatic heterocycles. The van der Waals surface area contributed by atoms with Crippen LogP contribution in [0.4, 0.5) is 0 Å². The molecule has 0 unspecified atom stereocenters. The molecule has 2 N–H and O–H groups in total. The molecule has 5 heteroatoms. The van der Waals surface area contributed by atoms with E-state index in [0.29, 0.717) is 32.5 Å². The van der Waals surface area contributed by atoms with Crippen molar-refractivity contribution in [3.63, 3.8) is 0 Å². The molecule has 1 aliphatic rings. The molecule has 1 aromatic rings. The summed E-state index contributed by atoms with van der Waals surface area (Å²) in [6.45, 7) is 3.51. The molecule has 0 aromatic heterocycles. The summed E-state index contributed by atoms with van der Waals surface area (Å²) in [7, 11) is 0. The fraction of sp³-hybridized carbons (Fsp3) is 0.600. The SMILES string of the molecule is Cc1ccccc1OCCCC(=O)NCCNC(=O)C1CCCCC1. The second-order valence-corrected chi connectivity index (χ2v) is 6.69. The largest absolute Gasteiger partial charge is 0.493 e. The maximum absolute atomic E-state index is 12.0. The van der Waals surface area contributed by atoms with Gasteiger partial charge in [0.1, 0.15) is 5.75 Å². The molecular weight excluding hydrogens is 316 g/mol. The molecule has 1 fully saturated rings. The Balaban J connectivity index is 1.49. The van der Waals surface area contributed by atoms with Gasteiger partial charge in [0.05, 0.1) is 6.61 Å². The minimum Gasteiger partial charge on any atom is -0.493 e. The van der Waals surface area contributed by atoms with Gasteiger partial charge in [0.15, 0.2) is 0 Å². The topological polar surface area (TPSA) is 67.4 Å². The van der Waals surface area contributed by atoms with Crippen molar-refractivity contribution >= 4 is 11.8 Å². The Hall–Kier alpha value is -2.04. The first-order valence-electron chi connectivity index (χ1n) is 9.39. The summed E-state index contributed by atoms with van der Waals surface area (Å²) in [5.41, 5.74) is 1.10. The van der Waals surface area contributed by atoms with Crippen LogP contribution in [-0.2, 0) is 9.59 Å². The van der Waals surface area contributed by atoms with Crippen molar-refractivity contribution in [1.29, 1.82) is 0 Å². The highest BCUT2D eigenvalue weighted by molar-refractivity contribution is 5.79. The molecule has 0 saturated heterocycles. The molecule has 0 atom stereocenters. The van der Waals surface area contributed by atoms with E-state index in [1.165, 1.54) is 6.42 Å². The number of rotatable bonds is 9. The molecule has 2 amide bonds. The number of carbonyl (C=O) groups excluding carboxylic acids is 2. The van der Waals surface area contributed by atoms with Gasteiger partial charge in [0.2, 0.25) is 11.8 Å². The number of hydrogen-bond donors (Lipinski definition) is 2. The first-order chi connectivity index (χ1) is 12.2. The molecule has 0 radical (unpaired) electrons. The van der Waals surface area contributed by atoms with Crippen molar-refractivity contribution in [1.82, 2.24) is 10.6 Å². The van der Waals surface area contributed by atoms with E-state index >= 15 is 0 Å². The van der Waals surface area contributed by atoms with Gasteiger partial charge in [-0.05, 0) is 37.8 Å². The van der Waals surface area contributed by atoms with E-state index in [0.717, 1.165) is 37.0 Å². The number of ether oxygens (including phenoxy) is 1. The zero-order valence-electron chi connectivity index (χ0n) is 15.2. The molecule has 0 heterocycles. The highest BCUT2D eigenvalue weighted by Gasteiger charge is 2.20. The predicted molar refractivity (Wildman–Crippen MR) is 98.5 cm³/mol. The van der Waals surface area contributed by atoms with E-state index in [2.05, 4.69) is 10.6 Å². The van der Waals surface area contributed by atoms with E-state index in [1.54, 1.807) is 0 Å².